The quantitative estimate of drug-likeness (QED) is 0.554. The van der Waals surface area contributed by atoms with E-state index in [1.807, 2.05) is 6.92 Å². The van der Waals surface area contributed by atoms with Gasteiger partial charge in [-0.15, -0.1) is 0 Å². The largest absolute Gasteiger partial charge is 0.393 e. The normalized spacial score (nSPS) is 24.9. The minimum absolute atomic E-state index is 0.145. The van der Waals surface area contributed by atoms with Crippen LogP contribution >= 0.6 is 0 Å². The van der Waals surface area contributed by atoms with E-state index in [2.05, 4.69) is 10.6 Å². The van der Waals surface area contributed by atoms with E-state index in [4.69, 9.17) is 5.11 Å². The predicted octanol–water partition coefficient (Wildman–Crippen LogP) is 0.737. The van der Waals surface area contributed by atoms with E-state index >= 15 is 0 Å². The third-order valence-electron chi connectivity index (χ3n) is 2.81. The summed E-state index contributed by atoms with van der Waals surface area (Å²) >= 11 is 0. The fraction of sp³-hybridized carbons (Fsp3) is 1.00. The van der Waals surface area contributed by atoms with Crippen LogP contribution in [0.4, 0.5) is 0 Å². The summed E-state index contributed by atoms with van der Waals surface area (Å²) in [5.74, 6) is 0.815. The molecule has 0 radical (unpaired) electrons. The lowest BCUT2D eigenvalue weighted by molar-refractivity contribution is 0.181. The van der Waals surface area contributed by atoms with Gasteiger partial charge in [0.25, 0.3) is 0 Å². The number of hydrogen-bond acceptors (Lipinski definition) is 3. The molecule has 2 atom stereocenters. The molecule has 1 heterocycles. The molecule has 0 spiro atoms. The van der Waals surface area contributed by atoms with Crippen molar-refractivity contribution in [3.8, 4) is 0 Å². The molecule has 3 heteroatoms. The zero-order valence-corrected chi connectivity index (χ0v) is 9.26. The van der Waals surface area contributed by atoms with Crippen molar-refractivity contribution < 1.29 is 5.11 Å². The van der Waals surface area contributed by atoms with Gasteiger partial charge in [0.15, 0.2) is 0 Å². The molecule has 1 fully saturated rings. The lowest BCUT2D eigenvalue weighted by Crippen LogP contribution is -2.36. The molecule has 0 aromatic heterocycles. The number of aliphatic hydroxyl groups is 1. The van der Waals surface area contributed by atoms with E-state index in [-0.39, 0.29) is 6.10 Å². The van der Waals surface area contributed by atoms with Crippen LogP contribution in [-0.4, -0.2) is 37.4 Å². The molecule has 1 saturated heterocycles. The molecule has 1 aliphatic heterocycles. The van der Waals surface area contributed by atoms with E-state index in [0.717, 1.165) is 31.8 Å². The molecule has 1 aliphatic rings. The van der Waals surface area contributed by atoms with Crippen LogP contribution in [0, 0.1) is 5.92 Å². The smallest absolute Gasteiger partial charge is 0.0512 e. The van der Waals surface area contributed by atoms with Crippen LogP contribution in [0.2, 0.25) is 0 Å². The maximum atomic E-state index is 9.06. The second-order valence-corrected chi connectivity index (χ2v) is 4.41. The lowest BCUT2D eigenvalue weighted by Gasteiger charge is -2.22. The molecule has 3 N–H and O–H groups in total. The average molecular weight is 200 g/mol. The highest BCUT2D eigenvalue weighted by atomic mass is 16.3. The molecule has 14 heavy (non-hydrogen) atoms. The Morgan fingerprint density at radius 3 is 3.07 bits per heavy atom. The Morgan fingerprint density at radius 2 is 2.43 bits per heavy atom. The lowest BCUT2D eigenvalue weighted by atomic mass is 10.00. The summed E-state index contributed by atoms with van der Waals surface area (Å²) in [4.78, 5) is 0. The Bertz CT molecular complexity index is 133. The Morgan fingerprint density at radius 1 is 1.57 bits per heavy atom. The highest BCUT2D eigenvalue weighted by molar-refractivity contribution is 4.70. The van der Waals surface area contributed by atoms with Crippen molar-refractivity contribution in [1.82, 2.24) is 10.6 Å². The van der Waals surface area contributed by atoms with Crippen LogP contribution in [0.25, 0.3) is 0 Å². The summed E-state index contributed by atoms with van der Waals surface area (Å²) in [5, 5.41) is 15.9. The summed E-state index contributed by atoms with van der Waals surface area (Å²) in [6.45, 7) is 6.39. The SMILES string of the molecule is CC(O)CCCNCC1CCCNC1. The van der Waals surface area contributed by atoms with E-state index in [9.17, 15) is 0 Å². The highest BCUT2D eigenvalue weighted by Gasteiger charge is 2.11. The molecule has 84 valence electrons. The molecular formula is C11H24N2O. The van der Waals surface area contributed by atoms with Crippen LogP contribution in [-0.2, 0) is 0 Å². The highest BCUT2D eigenvalue weighted by Crippen LogP contribution is 2.08. The van der Waals surface area contributed by atoms with E-state index in [1.54, 1.807) is 0 Å². The van der Waals surface area contributed by atoms with Crippen LogP contribution < -0.4 is 10.6 Å². The number of rotatable bonds is 6. The standard InChI is InChI=1S/C11H24N2O/c1-10(14)4-2-6-12-8-11-5-3-7-13-9-11/h10-14H,2-9H2,1H3. The first-order valence-electron chi connectivity index (χ1n) is 5.88. The Hall–Kier alpha value is -0.120. The van der Waals surface area contributed by atoms with Gasteiger partial charge in [-0.1, -0.05) is 0 Å². The van der Waals surface area contributed by atoms with Crippen LogP contribution in [0.5, 0.6) is 0 Å². The number of aliphatic hydroxyl groups excluding tert-OH is 1. The third kappa shape index (κ3) is 5.58. The fourth-order valence-electron chi connectivity index (χ4n) is 1.93. The fourth-order valence-corrected chi connectivity index (χ4v) is 1.93. The second-order valence-electron chi connectivity index (χ2n) is 4.41. The molecule has 2 unspecified atom stereocenters. The van der Waals surface area contributed by atoms with Crippen molar-refractivity contribution in [1.29, 1.82) is 0 Å². The van der Waals surface area contributed by atoms with Crippen molar-refractivity contribution in [3.63, 3.8) is 0 Å². The average Bonchev–Trinajstić information content (AvgIpc) is 2.18. The zero-order valence-electron chi connectivity index (χ0n) is 9.26. The predicted molar refractivity (Wildman–Crippen MR) is 59.4 cm³/mol. The summed E-state index contributed by atoms with van der Waals surface area (Å²) in [6, 6.07) is 0. The van der Waals surface area contributed by atoms with Crippen LogP contribution in [0.3, 0.4) is 0 Å². The monoisotopic (exact) mass is 200 g/mol. The molecule has 0 bridgehead atoms. The molecule has 1 rings (SSSR count). The van der Waals surface area contributed by atoms with Crippen LogP contribution in [0.1, 0.15) is 32.6 Å². The van der Waals surface area contributed by atoms with Gasteiger partial charge in [-0.25, -0.2) is 0 Å². The van der Waals surface area contributed by atoms with Crippen molar-refractivity contribution >= 4 is 0 Å². The molecule has 0 saturated carbocycles. The number of nitrogens with one attached hydrogen (secondary N) is 2. The van der Waals surface area contributed by atoms with Gasteiger partial charge >= 0.3 is 0 Å². The molecule has 0 aromatic carbocycles. The summed E-state index contributed by atoms with van der Waals surface area (Å²) in [6.07, 6.45) is 4.53. The summed E-state index contributed by atoms with van der Waals surface area (Å²) in [5.41, 5.74) is 0. The van der Waals surface area contributed by atoms with Crippen LogP contribution in [0.15, 0.2) is 0 Å². The molecule has 0 amide bonds. The van der Waals surface area contributed by atoms with Gasteiger partial charge in [0.1, 0.15) is 0 Å². The topological polar surface area (TPSA) is 44.3 Å². The van der Waals surface area contributed by atoms with Gasteiger partial charge in [0, 0.05) is 0 Å². The van der Waals surface area contributed by atoms with Gasteiger partial charge in [-0.3, -0.25) is 0 Å². The maximum absolute atomic E-state index is 9.06. The van der Waals surface area contributed by atoms with Crippen molar-refractivity contribution in [2.75, 3.05) is 26.2 Å². The summed E-state index contributed by atoms with van der Waals surface area (Å²) < 4.78 is 0. The van der Waals surface area contributed by atoms with Gasteiger partial charge in [-0.2, -0.15) is 0 Å². The minimum atomic E-state index is -0.145. The maximum Gasteiger partial charge on any atom is 0.0512 e. The van der Waals surface area contributed by atoms with Gasteiger partial charge < -0.3 is 15.7 Å². The molecule has 3 nitrogen and oxygen atoms in total. The van der Waals surface area contributed by atoms with E-state index in [0.29, 0.717) is 0 Å². The molecule has 0 aromatic rings. The number of piperidine rings is 1. The third-order valence-corrected chi connectivity index (χ3v) is 2.81. The molecular weight excluding hydrogens is 176 g/mol. The van der Waals surface area contributed by atoms with Crippen molar-refractivity contribution in [3.05, 3.63) is 0 Å². The van der Waals surface area contributed by atoms with Gasteiger partial charge in [-0.05, 0) is 64.7 Å². The zero-order chi connectivity index (χ0) is 10.2. The Balaban J connectivity index is 1.87. The van der Waals surface area contributed by atoms with Gasteiger partial charge in [0.2, 0.25) is 0 Å². The minimum Gasteiger partial charge on any atom is -0.393 e. The first kappa shape index (κ1) is 12.0. The van der Waals surface area contributed by atoms with E-state index in [1.165, 1.54) is 25.9 Å². The first-order valence-corrected chi connectivity index (χ1v) is 5.88. The first-order chi connectivity index (χ1) is 6.79. The second kappa shape index (κ2) is 7.21. The molecule has 0 aliphatic carbocycles. The Kier molecular flexibility index (Phi) is 6.15. The summed E-state index contributed by atoms with van der Waals surface area (Å²) in [7, 11) is 0. The van der Waals surface area contributed by atoms with Crippen molar-refractivity contribution in [2.24, 2.45) is 5.92 Å². The number of hydrogen-bond donors (Lipinski definition) is 3. The Labute approximate surface area is 87.3 Å². The van der Waals surface area contributed by atoms with Gasteiger partial charge in [0.05, 0.1) is 6.10 Å². The van der Waals surface area contributed by atoms with Crippen molar-refractivity contribution in [2.45, 2.75) is 38.7 Å². The van der Waals surface area contributed by atoms with E-state index < -0.39 is 0 Å².